The highest BCUT2D eigenvalue weighted by atomic mass is 15.0. The quantitative estimate of drug-likeness (QED) is 0.203. The molecule has 1 heterocycles. The fourth-order valence-corrected chi connectivity index (χ4v) is 8.08. The molecule has 3 heteroatoms. The Bertz CT molecular complexity index is 2410. The van der Waals surface area contributed by atoms with Crippen molar-refractivity contribution in [1.82, 2.24) is 15.0 Å². The van der Waals surface area contributed by atoms with E-state index >= 15 is 0 Å². The molecule has 47 heavy (non-hydrogen) atoms. The summed E-state index contributed by atoms with van der Waals surface area (Å²) in [5.74, 6) is 1.99. The average Bonchev–Trinajstić information content (AvgIpc) is 3.63. The molecule has 0 amide bonds. The van der Waals surface area contributed by atoms with Crippen molar-refractivity contribution < 1.29 is 0 Å². The van der Waals surface area contributed by atoms with E-state index in [1.165, 1.54) is 55.3 Å². The molecule has 10 rings (SSSR count). The second kappa shape index (κ2) is 9.90. The number of rotatable bonds is 3. The van der Waals surface area contributed by atoms with Crippen molar-refractivity contribution in [2.45, 2.75) is 5.41 Å². The maximum Gasteiger partial charge on any atom is 0.164 e. The van der Waals surface area contributed by atoms with Crippen LogP contribution in [0.4, 0.5) is 0 Å². The van der Waals surface area contributed by atoms with Crippen LogP contribution >= 0.6 is 0 Å². The fourth-order valence-electron chi connectivity index (χ4n) is 8.08. The van der Waals surface area contributed by atoms with Gasteiger partial charge in [0.1, 0.15) is 0 Å². The van der Waals surface area contributed by atoms with Crippen LogP contribution in [0, 0.1) is 0 Å². The summed E-state index contributed by atoms with van der Waals surface area (Å²) in [6.07, 6.45) is 0. The lowest BCUT2D eigenvalue weighted by molar-refractivity contribution is 0.801. The summed E-state index contributed by atoms with van der Waals surface area (Å²) < 4.78 is 0. The highest BCUT2D eigenvalue weighted by Crippen LogP contribution is 2.65. The van der Waals surface area contributed by atoms with Crippen molar-refractivity contribution in [2.24, 2.45) is 0 Å². The Hall–Kier alpha value is -6.19. The molecule has 0 bridgehead atoms. The van der Waals surface area contributed by atoms with E-state index in [4.69, 9.17) is 15.0 Å². The van der Waals surface area contributed by atoms with Gasteiger partial charge in [-0.2, -0.15) is 0 Å². The third kappa shape index (κ3) is 3.60. The summed E-state index contributed by atoms with van der Waals surface area (Å²) in [6.45, 7) is 0. The smallest absolute Gasteiger partial charge is 0.164 e. The molecular weight excluding hydrogens is 571 g/mol. The summed E-state index contributed by atoms with van der Waals surface area (Å²) in [5.41, 5.74) is 12.7. The molecule has 1 aromatic heterocycles. The van der Waals surface area contributed by atoms with E-state index in [0.717, 1.165) is 16.7 Å². The third-order valence-electron chi connectivity index (χ3n) is 9.92. The van der Waals surface area contributed by atoms with Crippen molar-refractivity contribution >= 4 is 10.8 Å². The molecule has 0 atom stereocenters. The minimum Gasteiger partial charge on any atom is -0.208 e. The number of fused-ring (bicyclic) bond motifs is 12. The molecule has 0 N–H and O–H groups in total. The second-order valence-corrected chi connectivity index (χ2v) is 12.3. The maximum atomic E-state index is 5.24. The Balaban J connectivity index is 1.37. The van der Waals surface area contributed by atoms with Gasteiger partial charge in [0.25, 0.3) is 0 Å². The van der Waals surface area contributed by atoms with Gasteiger partial charge in [0.2, 0.25) is 0 Å². The van der Waals surface area contributed by atoms with E-state index in [0.29, 0.717) is 17.5 Å². The van der Waals surface area contributed by atoms with Crippen molar-refractivity contribution in [1.29, 1.82) is 0 Å². The van der Waals surface area contributed by atoms with Gasteiger partial charge in [-0.05, 0) is 61.3 Å². The first kappa shape index (κ1) is 26.1. The number of aromatic nitrogens is 3. The van der Waals surface area contributed by atoms with Crippen molar-refractivity contribution in [3.63, 3.8) is 0 Å². The lowest BCUT2D eigenvalue weighted by Crippen LogP contribution is -2.26. The highest BCUT2D eigenvalue weighted by Gasteiger charge is 2.53. The monoisotopic (exact) mass is 597 g/mol. The molecule has 0 unspecified atom stereocenters. The second-order valence-electron chi connectivity index (χ2n) is 12.3. The standard InChI is InChI=1S/C44H27N3/c1-3-15-28(16-4-1)41-45-42(29-17-5-2-6-18-29)47-43(46-41)35-27-30-19-7-8-20-31(30)40-39(35)34-23-11-14-26-38(34)44(40)36-24-12-9-21-32(36)33-22-10-13-25-37(33)44/h1-27H. The molecule has 0 fully saturated rings. The van der Waals surface area contributed by atoms with Gasteiger partial charge < -0.3 is 0 Å². The predicted octanol–water partition coefficient (Wildman–Crippen LogP) is 10.4. The normalized spacial score (nSPS) is 13.3. The Morgan fingerprint density at radius 2 is 0.809 bits per heavy atom. The Kier molecular flexibility index (Phi) is 5.49. The van der Waals surface area contributed by atoms with Crippen LogP contribution in [0.3, 0.4) is 0 Å². The first-order valence-electron chi connectivity index (χ1n) is 16.0. The van der Waals surface area contributed by atoms with Crippen LogP contribution in [0.1, 0.15) is 22.3 Å². The topological polar surface area (TPSA) is 38.7 Å². The number of hydrogen-bond donors (Lipinski definition) is 0. The SMILES string of the molecule is c1ccc(-c2nc(-c3ccccc3)nc(-c3cc4ccccc4c4c3-c3ccccc3C43c4ccccc4-c4ccccc43)n2)cc1. The van der Waals surface area contributed by atoms with Gasteiger partial charge in [-0.3, -0.25) is 0 Å². The number of benzene rings is 7. The predicted molar refractivity (Wildman–Crippen MR) is 190 cm³/mol. The Labute approximate surface area is 272 Å². The number of nitrogens with zero attached hydrogens (tertiary/aromatic N) is 3. The lowest BCUT2D eigenvalue weighted by Gasteiger charge is -2.31. The third-order valence-corrected chi connectivity index (χ3v) is 9.92. The molecule has 3 nitrogen and oxygen atoms in total. The van der Waals surface area contributed by atoms with Crippen molar-refractivity contribution in [3.05, 3.63) is 186 Å². The zero-order valence-electron chi connectivity index (χ0n) is 25.4. The van der Waals surface area contributed by atoms with E-state index in [1.807, 2.05) is 36.4 Å². The van der Waals surface area contributed by atoms with Gasteiger partial charge in [0, 0.05) is 16.7 Å². The summed E-state index contributed by atoms with van der Waals surface area (Å²) in [4.78, 5) is 15.5. The van der Waals surface area contributed by atoms with Crippen LogP contribution < -0.4 is 0 Å². The first-order valence-corrected chi connectivity index (χ1v) is 16.0. The minimum atomic E-state index is -0.480. The molecule has 1 spiro atoms. The van der Waals surface area contributed by atoms with Crippen LogP contribution in [-0.2, 0) is 5.41 Å². The van der Waals surface area contributed by atoms with E-state index < -0.39 is 5.41 Å². The van der Waals surface area contributed by atoms with Gasteiger partial charge in [-0.1, -0.05) is 158 Å². The van der Waals surface area contributed by atoms with Crippen LogP contribution in [-0.4, -0.2) is 15.0 Å². The molecule has 0 radical (unpaired) electrons. The van der Waals surface area contributed by atoms with Gasteiger partial charge in [-0.25, -0.2) is 15.0 Å². The molecular formula is C44H27N3. The van der Waals surface area contributed by atoms with Crippen LogP contribution in [0.5, 0.6) is 0 Å². The molecule has 218 valence electrons. The van der Waals surface area contributed by atoms with Gasteiger partial charge >= 0.3 is 0 Å². The van der Waals surface area contributed by atoms with Crippen LogP contribution in [0.2, 0.25) is 0 Å². The Morgan fingerprint density at radius 3 is 1.40 bits per heavy atom. The minimum absolute atomic E-state index is 0.480. The van der Waals surface area contributed by atoms with Gasteiger partial charge in [0.05, 0.1) is 5.41 Å². The van der Waals surface area contributed by atoms with Crippen molar-refractivity contribution in [2.75, 3.05) is 0 Å². The Morgan fingerprint density at radius 1 is 0.362 bits per heavy atom. The summed E-state index contributed by atoms with van der Waals surface area (Å²) in [7, 11) is 0. The van der Waals surface area contributed by atoms with Crippen LogP contribution in [0.25, 0.3) is 67.2 Å². The zero-order valence-corrected chi connectivity index (χ0v) is 25.4. The van der Waals surface area contributed by atoms with E-state index in [2.05, 4.69) is 127 Å². The van der Waals surface area contributed by atoms with Crippen molar-refractivity contribution in [3.8, 4) is 56.4 Å². The van der Waals surface area contributed by atoms with E-state index in [-0.39, 0.29) is 0 Å². The van der Waals surface area contributed by atoms with E-state index in [9.17, 15) is 0 Å². The zero-order chi connectivity index (χ0) is 31.0. The van der Waals surface area contributed by atoms with Crippen LogP contribution in [0.15, 0.2) is 164 Å². The van der Waals surface area contributed by atoms with Gasteiger partial charge in [0.15, 0.2) is 17.5 Å². The fraction of sp³-hybridized carbons (Fsp3) is 0.0227. The largest absolute Gasteiger partial charge is 0.208 e. The highest BCUT2D eigenvalue weighted by molar-refractivity contribution is 6.08. The summed E-state index contributed by atoms with van der Waals surface area (Å²) in [6, 6.07) is 58.3. The number of hydrogen-bond acceptors (Lipinski definition) is 3. The molecule has 7 aromatic carbocycles. The van der Waals surface area contributed by atoms with Gasteiger partial charge in [-0.15, -0.1) is 0 Å². The molecule has 0 saturated carbocycles. The molecule has 2 aliphatic rings. The average molecular weight is 598 g/mol. The first-order chi connectivity index (χ1) is 23.3. The molecule has 0 aliphatic heterocycles. The summed E-state index contributed by atoms with van der Waals surface area (Å²) in [5, 5.41) is 2.41. The van der Waals surface area contributed by atoms with E-state index in [1.54, 1.807) is 0 Å². The molecule has 8 aromatic rings. The lowest BCUT2D eigenvalue weighted by atomic mass is 9.69. The summed E-state index contributed by atoms with van der Waals surface area (Å²) >= 11 is 0. The maximum absolute atomic E-state index is 5.24. The molecule has 0 saturated heterocycles. The molecule has 2 aliphatic carbocycles.